The van der Waals surface area contributed by atoms with Crippen molar-refractivity contribution in [1.29, 1.82) is 0 Å². The van der Waals surface area contributed by atoms with Crippen LogP contribution in [-0.2, 0) is 6.54 Å². The van der Waals surface area contributed by atoms with E-state index in [1.165, 1.54) is 11.3 Å². The van der Waals surface area contributed by atoms with Crippen molar-refractivity contribution in [2.75, 3.05) is 0 Å². The number of hydrogen-bond donors (Lipinski definition) is 1. The van der Waals surface area contributed by atoms with Gasteiger partial charge in [0, 0.05) is 18.1 Å². The molecule has 3 aromatic rings. The number of thiazole rings is 1. The summed E-state index contributed by atoms with van der Waals surface area (Å²) in [5.74, 6) is 0.645. The molecule has 0 saturated heterocycles. The molecule has 0 bridgehead atoms. The Labute approximate surface area is 94.8 Å². The molecule has 0 atom stereocenters. The number of fused-ring (bicyclic) bond motifs is 1. The molecule has 3 heterocycles. The molecule has 0 saturated carbocycles. The van der Waals surface area contributed by atoms with Gasteiger partial charge in [0.2, 0.25) is 5.82 Å². The molecule has 2 N–H and O–H groups in total. The lowest BCUT2D eigenvalue weighted by atomic mass is 10.4. The molecule has 0 unspecified atom stereocenters. The molecule has 3 rings (SSSR count). The van der Waals surface area contributed by atoms with Gasteiger partial charge in [-0.1, -0.05) is 0 Å². The van der Waals surface area contributed by atoms with Crippen LogP contribution in [-0.4, -0.2) is 24.8 Å². The first-order chi connectivity index (χ1) is 7.88. The minimum Gasteiger partial charge on any atom is -0.325 e. The fourth-order valence-corrected chi connectivity index (χ4v) is 2.06. The van der Waals surface area contributed by atoms with Crippen LogP contribution in [0.3, 0.4) is 0 Å². The highest BCUT2D eigenvalue weighted by atomic mass is 32.1. The summed E-state index contributed by atoms with van der Waals surface area (Å²) >= 11 is 1.51. The van der Waals surface area contributed by atoms with Gasteiger partial charge in [-0.25, -0.2) is 4.98 Å². The highest BCUT2D eigenvalue weighted by Gasteiger charge is 2.11. The number of aromatic nitrogens is 5. The highest BCUT2D eigenvalue weighted by molar-refractivity contribution is 7.09. The van der Waals surface area contributed by atoms with Crippen LogP contribution in [0.4, 0.5) is 0 Å². The van der Waals surface area contributed by atoms with E-state index in [9.17, 15) is 0 Å². The molecule has 0 aliphatic heterocycles. The molecule has 80 valence electrons. The molecule has 6 nitrogen and oxygen atoms in total. The van der Waals surface area contributed by atoms with Crippen LogP contribution in [0.5, 0.6) is 0 Å². The molecule has 7 heteroatoms. The summed E-state index contributed by atoms with van der Waals surface area (Å²) in [5, 5.41) is 15.0. The van der Waals surface area contributed by atoms with Gasteiger partial charge >= 0.3 is 0 Å². The second-order valence-corrected chi connectivity index (χ2v) is 4.09. The van der Waals surface area contributed by atoms with Crippen LogP contribution in [0.2, 0.25) is 0 Å². The fraction of sp³-hybridized carbons (Fsp3) is 0.111. The van der Waals surface area contributed by atoms with E-state index in [1.807, 2.05) is 17.5 Å². The minimum atomic E-state index is 0.439. The maximum absolute atomic E-state index is 5.52. The molecule has 0 fully saturated rings. The average molecular weight is 232 g/mol. The zero-order valence-corrected chi connectivity index (χ0v) is 9.05. The van der Waals surface area contributed by atoms with Crippen molar-refractivity contribution in [3.8, 4) is 11.5 Å². The van der Waals surface area contributed by atoms with Gasteiger partial charge < -0.3 is 5.73 Å². The summed E-state index contributed by atoms with van der Waals surface area (Å²) in [6.45, 7) is 0.439. The molecule has 0 aromatic carbocycles. The summed E-state index contributed by atoms with van der Waals surface area (Å²) < 4.78 is 1.66. The van der Waals surface area contributed by atoms with Crippen molar-refractivity contribution in [2.24, 2.45) is 5.73 Å². The molecule has 0 spiro atoms. The first-order valence-electron chi connectivity index (χ1n) is 4.70. The summed E-state index contributed by atoms with van der Waals surface area (Å²) in [7, 11) is 0. The fourth-order valence-electron chi connectivity index (χ4n) is 1.41. The van der Waals surface area contributed by atoms with Crippen LogP contribution in [0.15, 0.2) is 23.7 Å². The van der Waals surface area contributed by atoms with Gasteiger partial charge in [0.1, 0.15) is 10.7 Å². The number of rotatable bonds is 2. The van der Waals surface area contributed by atoms with E-state index in [-0.39, 0.29) is 0 Å². The molecule has 0 aliphatic rings. The third kappa shape index (κ3) is 1.37. The van der Waals surface area contributed by atoms with Crippen LogP contribution in [0.1, 0.15) is 5.01 Å². The van der Waals surface area contributed by atoms with Crippen LogP contribution in [0, 0.1) is 0 Å². The Morgan fingerprint density at radius 3 is 3.12 bits per heavy atom. The van der Waals surface area contributed by atoms with Crippen LogP contribution in [0.25, 0.3) is 17.2 Å². The summed E-state index contributed by atoms with van der Waals surface area (Å²) in [6.07, 6.45) is 1.69. The zero-order valence-electron chi connectivity index (χ0n) is 8.24. The first kappa shape index (κ1) is 9.37. The largest absolute Gasteiger partial charge is 0.325 e. The molecule has 0 radical (unpaired) electrons. The molecular weight excluding hydrogens is 224 g/mol. The van der Waals surface area contributed by atoms with Crippen molar-refractivity contribution in [1.82, 2.24) is 24.8 Å². The monoisotopic (exact) mass is 232 g/mol. The van der Waals surface area contributed by atoms with E-state index in [1.54, 1.807) is 10.7 Å². The van der Waals surface area contributed by atoms with Crippen molar-refractivity contribution < 1.29 is 0 Å². The van der Waals surface area contributed by atoms with Gasteiger partial charge in [-0.3, -0.25) is 0 Å². The number of hydrogen-bond acceptors (Lipinski definition) is 6. The Hall–Kier alpha value is -1.86. The predicted octanol–water partition coefficient (Wildman–Crippen LogP) is 0.706. The summed E-state index contributed by atoms with van der Waals surface area (Å²) in [4.78, 5) is 4.35. The van der Waals surface area contributed by atoms with E-state index in [0.717, 1.165) is 10.7 Å². The third-order valence-corrected chi connectivity index (χ3v) is 3.00. The minimum absolute atomic E-state index is 0.439. The standard InChI is InChI=1S/C9H8N6S/c10-4-8-12-6(5-16-8)9-14-13-7-2-1-3-11-15(7)9/h1-3,5H,4,10H2. The van der Waals surface area contributed by atoms with E-state index < -0.39 is 0 Å². The highest BCUT2D eigenvalue weighted by Crippen LogP contribution is 2.19. The van der Waals surface area contributed by atoms with Crippen molar-refractivity contribution in [2.45, 2.75) is 6.54 Å². The van der Waals surface area contributed by atoms with Crippen LogP contribution >= 0.6 is 11.3 Å². The lowest BCUT2D eigenvalue weighted by Gasteiger charge is -1.93. The molecule has 16 heavy (non-hydrogen) atoms. The van der Waals surface area contributed by atoms with Gasteiger partial charge in [-0.05, 0) is 12.1 Å². The first-order valence-corrected chi connectivity index (χ1v) is 5.58. The van der Waals surface area contributed by atoms with E-state index in [2.05, 4.69) is 20.3 Å². The third-order valence-electron chi connectivity index (χ3n) is 2.13. The van der Waals surface area contributed by atoms with Gasteiger partial charge in [0.15, 0.2) is 5.65 Å². The lowest BCUT2D eigenvalue weighted by molar-refractivity contribution is 0.927. The van der Waals surface area contributed by atoms with Gasteiger partial charge in [0.25, 0.3) is 0 Å². The van der Waals surface area contributed by atoms with Crippen molar-refractivity contribution >= 4 is 17.0 Å². The summed E-state index contributed by atoms with van der Waals surface area (Å²) in [5.41, 5.74) is 6.99. The average Bonchev–Trinajstić information content (AvgIpc) is 2.94. The summed E-state index contributed by atoms with van der Waals surface area (Å²) in [6, 6.07) is 3.67. The smallest absolute Gasteiger partial charge is 0.204 e. The Morgan fingerprint density at radius 2 is 2.31 bits per heavy atom. The van der Waals surface area contributed by atoms with Gasteiger partial charge in [0.05, 0.1) is 0 Å². The molecule has 0 aliphatic carbocycles. The molecule has 0 amide bonds. The molecular formula is C9H8N6S. The second-order valence-electron chi connectivity index (χ2n) is 3.15. The van der Waals surface area contributed by atoms with Crippen molar-refractivity contribution in [3.05, 3.63) is 28.7 Å². The Morgan fingerprint density at radius 1 is 1.38 bits per heavy atom. The van der Waals surface area contributed by atoms with E-state index >= 15 is 0 Å². The second kappa shape index (κ2) is 3.62. The zero-order chi connectivity index (χ0) is 11.0. The van der Waals surface area contributed by atoms with Gasteiger partial charge in [-0.15, -0.1) is 21.5 Å². The topological polar surface area (TPSA) is 82.0 Å². The van der Waals surface area contributed by atoms with Gasteiger partial charge in [-0.2, -0.15) is 9.61 Å². The quantitative estimate of drug-likeness (QED) is 0.703. The van der Waals surface area contributed by atoms with E-state index in [0.29, 0.717) is 18.0 Å². The Balaban J connectivity index is 2.18. The maximum atomic E-state index is 5.52. The number of nitrogens with two attached hydrogens (primary N) is 1. The SMILES string of the molecule is NCc1nc(-c2nnc3cccnn23)cs1. The predicted molar refractivity (Wildman–Crippen MR) is 59.8 cm³/mol. The molecule has 3 aromatic heterocycles. The lowest BCUT2D eigenvalue weighted by Crippen LogP contribution is -1.96. The number of nitrogens with zero attached hydrogens (tertiary/aromatic N) is 5. The van der Waals surface area contributed by atoms with E-state index in [4.69, 9.17) is 5.73 Å². The Kier molecular flexibility index (Phi) is 2.12. The normalized spacial score (nSPS) is 11.1. The Bertz CT molecular complexity index is 628. The van der Waals surface area contributed by atoms with Crippen LogP contribution < -0.4 is 5.73 Å². The van der Waals surface area contributed by atoms with Crippen molar-refractivity contribution in [3.63, 3.8) is 0 Å². The maximum Gasteiger partial charge on any atom is 0.204 e.